The first-order valence-electron chi connectivity index (χ1n) is 16.9. The SMILES string of the molecule is C.CCCCC(/C=C\c1cc(OCCCCCOc2cc3c(cc2OC)C(=O)N(CC)C(CC)C=N3)c(OC)cc1C(C)=O)C(C)C. The van der Waals surface area contributed by atoms with Gasteiger partial charge in [-0.25, -0.2) is 0 Å². The Morgan fingerprint density at radius 2 is 1.55 bits per heavy atom. The molecule has 2 aromatic carbocycles. The van der Waals surface area contributed by atoms with Crippen molar-refractivity contribution in [2.24, 2.45) is 16.8 Å². The molecule has 0 N–H and O–H groups in total. The zero-order valence-electron chi connectivity index (χ0n) is 29.2. The largest absolute Gasteiger partial charge is 0.493 e. The Hall–Kier alpha value is -3.81. The van der Waals surface area contributed by atoms with Crippen molar-refractivity contribution in [1.29, 1.82) is 0 Å². The topological polar surface area (TPSA) is 86.7 Å². The lowest BCUT2D eigenvalue weighted by molar-refractivity contribution is 0.0738. The predicted octanol–water partition coefficient (Wildman–Crippen LogP) is 9.60. The molecule has 1 aliphatic heterocycles. The molecule has 1 aliphatic rings. The minimum absolute atomic E-state index is 0. The quantitative estimate of drug-likeness (QED) is 0.111. The fraction of sp³-hybridized carbons (Fsp3) is 0.564. The van der Waals surface area contributed by atoms with Crippen LogP contribution >= 0.6 is 0 Å². The Morgan fingerprint density at radius 3 is 2.11 bits per heavy atom. The number of fused-ring (bicyclic) bond motifs is 1. The van der Waals surface area contributed by atoms with Crippen LogP contribution in [-0.4, -0.2) is 62.8 Å². The van der Waals surface area contributed by atoms with E-state index < -0.39 is 0 Å². The average Bonchev–Trinajstić information content (AvgIpc) is 3.18. The number of hydrogen-bond acceptors (Lipinski definition) is 7. The summed E-state index contributed by atoms with van der Waals surface area (Å²) in [6.07, 6.45) is 13.0. The Bertz CT molecular complexity index is 1370. The summed E-state index contributed by atoms with van der Waals surface area (Å²) in [5, 5.41) is 0. The number of amides is 1. The maximum Gasteiger partial charge on any atom is 0.256 e. The molecule has 8 heteroatoms. The number of carbonyl (C=O) groups excluding carboxylic acids is 2. The third kappa shape index (κ3) is 10.6. The van der Waals surface area contributed by atoms with Crippen molar-refractivity contribution >= 4 is 29.7 Å². The summed E-state index contributed by atoms with van der Waals surface area (Å²) in [7, 11) is 3.18. The van der Waals surface area contributed by atoms with Crippen molar-refractivity contribution in [3.8, 4) is 23.0 Å². The first kappa shape index (κ1) is 39.4. The van der Waals surface area contributed by atoms with Gasteiger partial charge < -0.3 is 23.8 Å². The van der Waals surface area contributed by atoms with Gasteiger partial charge in [0.05, 0.1) is 44.7 Å². The van der Waals surface area contributed by atoms with Gasteiger partial charge in [-0.05, 0) is 81.5 Å². The highest BCUT2D eigenvalue weighted by Crippen LogP contribution is 2.37. The Balaban J connectivity index is 0.00000768. The molecule has 1 heterocycles. The molecule has 1 amide bonds. The smallest absolute Gasteiger partial charge is 0.256 e. The molecular weight excluding hydrogens is 592 g/mol. The average molecular weight is 651 g/mol. The van der Waals surface area contributed by atoms with E-state index in [9.17, 15) is 9.59 Å². The lowest BCUT2D eigenvalue weighted by Gasteiger charge is -2.26. The molecule has 2 atom stereocenters. The number of Topliss-reactive ketones (excluding diaryl/α,β-unsaturated/α-hetero) is 1. The minimum atomic E-state index is -0.0471. The van der Waals surface area contributed by atoms with E-state index in [2.05, 4.69) is 44.8 Å². The fourth-order valence-corrected chi connectivity index (χ4v) is 5.71. The van der Waals surface area contributed by atoms with Gasteiger partial charge >= 0.3 is 0 Å². The molecule has 8 nitrogen and oxygen atoms in total. The van der Waals surface area contributed by atoms with Gasteiger partial charge in [0, 0.05) is 24.4 Å². The van der Waals surface area contributed by atoms with Crippen LogP contribution in [0.4, 0.5) is 5.69 Å². The molecule has 0 saturated carbocycles. The van der Waals surface area contributed by atoms with Gasteiger partial charge in [0.2, 0.25) is 0 Å². The van der Waals surface area contributed by atoms with Crippen LogP contribution in [0.15, 0.2) is 35.3 Å². The fourth-order valence-electron chi connectivity index (χ4n) is 5.71. The van der Waals surface area contributed by atoms with Crippen molar-refractivity contribution < 1.29 is 28.5 Å². The van der Waals surface area contributed by atoms with Gasteiger partial charge in [0.25, 0.3) is 5.91 Å². The summed E-state index contributed by atoms with van der Waals surface area (Å²) in [4.78, 5) is 32.1. The number of ketones is 1. The van der Waals surface area contributed by atoms with E-state index in [-0.39, 0.29) is 25.2 Å². The van der Waals surface area contributed by atoms with Crippen LogP contribution in [0, 0.1) is 11.8 Å². The summed E-state index contributed by atoms with van der Waals surface area (Å²) in [6, 6.07) is 7.21. The molecule has 2 aromatic rings. The number of hydrogen-bond donors (Lipinski definition) is 0. The highest BCUT2D eigenvalue weighted by molar-refractivity contribution is 6.03. The van der Waals surface area contributed by atoms with Gasteiger partial charge in [-0.3, -0.25) is 14.6 Å². The maximum absolute atomic E-state index is 13.2. The minimum Gasteiger partial charge on any atom is -0.493 e. The highest BCUT2D eigenvalue weighted by Gasteiger charge is 2.27. The van der Waals surface area contributed by atoms with Crippen LogP contribution < -0.4 is 18.9 Å². The zero-order chi connectivity index (χ0) is 33.6. The zero-order valence-corrected chi connectivity index (χ0v) is 29.2. The van der Waals surface area contributed by atoms with Crippen molar-refractivity contribution in [1.82, 2.24) is 4.90 Å². The van der Waals surface area contributed by atoms with Crippen LogP contribution in [-0.2, 0) is 0 Å². The number of aliphatic imine (C=N–C) groups is 1. The molecule has 0 spiro atoms. The number of unbranched alkanes of at least 4 members (excludes halogenated alkanes) is 3. The molecule has 0 aliphatic carbocycles. The first-order chi connectivity index (χ1) is 22.2. The normalized spacial score (nSPS) is 14.9. The Morgan fingerprint density at radius 1 is 0.915 bits per heavy atom. The van der Waals surface area contributed by atoms with E-state index in [4.69, 9.17) is 18.9 Å². The first-order valence-corrected chi connectivity index (χ1v) is 16.9. The number of allylic oxidation sites excluding steroid dienone is 1. The lowest BCUT2D eigenvalue weighted by Crippen LogP contribution is -2.39. The molecule has 0 bridgehead atoms. The van der Waals surface area contributed by atoms with E-state index in [0.717, 1.165) is 37.7 Å². The van der Waals surface area contributed by atoms with E-state index >= 15 is 0 Å². The van der Waals surface area contributed by atoms with Gasteiger partial charge in [-0.15, -0.1) is 0 Å². The summed E-state index contributed by atoms with van der Waals surface area (Å²) in [6.45, 7) is 13.9. The molecule has 2 unspecified atom stereocenters. The second kappa shape index (κ2) is 19.8. The summed E-state index contributed by atoms with van der Waals surface area (Å²) >= 11 is 0. The molecular formula is C39H58N2O6. The standard InChI is InChI=1S/C38H54N2O6.CH4/c1-9-12-16-28(26(4)5)17-18-29-21-36(34(43-7)22-31(29)27(6)41)45-19-14-13-15-20-46-37-24-33-32(23-35(37)44-8)38(42)40(11-3)30(10-2)25-39-33;/h17-18,21-26,28,30H,9-16,19-20H2,1-8H3;1H4/b18-17-;. The van der Waals surface area contributed by atoms with Gasteiger partial charge in [0.15, 0.2) is 28.8 Å². The van der Waals surface area contributed by atoms with Crippen molar-refractivity contribution in [2.45, 2.75) is 100.0 Å². The number of ether oxygens (including phenoxy) is 4. The number of methoxy groups -OCH3 is 2. The van der Waals surface area contributed by atoms with E-state index in [1.54, 1.807) is 39.3 Å². The lowest BCUT2D eigenvalue weighted by atomic mass is 9.89. The molecule has 260 valence electrons. The van der Waals surface area contributed by atoms with Gasteiger partial charge in [-0.2, -0.15) is 0 Å². The number of nitrogens with zero attached hydrogens (tertiary/aromatic N) is 2. The molecule has 0 saturated heterocycles. The highest BCUT2D eigenvalue weighted by atomic mass is 16.5. The Kier molecular flexibility index (Phi) is 16.6. The molecule has 3 rings (SSSR count). The van der Waals surface area contributed by atoms with Crippen molar-refractivity contribution in [2.75, 3.05) is 34.0 Å². The number of benzene rings is 2. The van der Waals surface area contributed by atoms with E-state index in [1.165, 1.54) is 12.8 Å². The van der Waals surface area contributed by atoms with E-state index in [0.29, 0.717) is 71.4 Å². The summed E-state index contributed by atoms with van der Waals surface area (Å²) in [5.74, 6) is 3.21. The van der Waals surface area contributed by atoms with Crippen molar-refractivity contribution in [3.63, 3.8) is 0 Å². The number of carbonyl (C=O) groups is 2. The second-order valence-electron chi connectivity index (χ2n) is 12.2. The van der Waals surface area contributed by atoms with Crippen LogP contribution in [0.2, 0.25) is 0 Å². The van der Waals surface area contributed by atoms with Crippen LogP contribution in [0.25, 0.3) is 6.08 Å². The van der Waals surface area contributed by atoms with Gasteiger partial charge in [-0.1, -0.05) is 60.1 Å². The summed E-state index contributed by atoms with van der Waals surface area (Å²) in [5.41, 5.74) is 2.61. The third-order valence-corrected chi connectivity index (χ3v) is 8.61. The number of rotatable bonds is 19. The second-order valence-corrected chi connectivity index (χ2v) is 12.2. The van der Waals surface area contributed by atoms with E-state index in [1.807, 2.05) is 24.1 Å². The molecule has 47 heavy (non-hydrogen) atoms. The van der Waals surface area contributed by atoms with Crippen LogP contribution in [0.3, 0.4) is 0 Å². The third-order valence-electron chi connectivity index (χ3n) is 8.61. The monoisotopic (exact) mass is 650 g/mol. The predicted molar refractivity (Wildman–Crippen MR) is 193 cm³/mol. The van der Waals surface area contributed by atoms with Crippen LogP contribution in [0.5, 0.6) is 23.0 Å². The Labute approximate surface area is 283 Å². The molecule has 0 fully saturated rings. The summed E-state index contributed by atoms with van der Waals surface area (Å²) < 4.78 is 23.4. The van der Waals surface area contributed by atoms with Gasteiger partial charge in [0.1, 0.15) is 0 Å². The molecule has 0 radical (unpaired) electrons. The van der Waals surface area contributed by atoms with Crippen molar-refractivity contribution in [3.05, 3.63) is 47.0 Å². The van der Waals surface area contributed by atoms with Crippen LogP contribution in [0.1, 0.15) is 120 Å². The maximum atomic E-state index is 13.2. The molecule has 0 aromatic heterocycles.